The fourth-order valence-electron chi connectivity index (χ4n) is 1.69. The smallest absolute Gasteiger partial charge is 0.271 e. The Morgan fingerprint density at radius 3 is 2.95 bits per heavy atom. The molecule has 0 aliphatic heterocycles. The van der Waals surface area contributed by atoms with Crippen LogP contribution in [0.5, 0.6) is 0 Å². The summed E-state index contributed by atoms with van der Waals surface area (Å²) in [7, 11) is 1.81. The van der Waals surface area contributed by atoms with Crippen LogP contribution in [0.2, 0.25) is 0 Å². The Labute approximate surface area is 117 Å². The molecule has 2 rings (SSSR count). The average molecular weight is 277 g/mol. The zero-order chi connectivity index (χ0) is 14.4. The van der Waals surface area contributed by atoms with Crippen LogP contribution in [0.15, 0.2) is 24.8 Å². The van der Waals surface area contributed by atoms with E-state index in [1.165, 1.54) is 0 Å². The van der Waals surface area contributed by atoms with Crippen LogP contribution in [0.25, 0.3) is 0 Å². The summed E-state index contributed by atoms with van der Waals surface area (Å²) in [6.07, 6.45) is 5.36. The SMILES string of the molecule is Cc1cc(C(=O)NCCOCCn2ccnc2)nn1C. The van der Waals surface area contributed by atoms with Crippen LogP contribution in [0, 0.1) is 6.92 Å². The van der Waals surface area contributed by atoms with E-state index in [4.69, 9.17) is 4.74 Å². The van der Waals surface area contributed by atoms with Crippen molar-refractivity contribution in [2.24, 2.45) is 7.05 Å². The lowest BCUT2D eigenvalue weighted by molar-refractivity contribution is 0.0903. The van der Waals surface area contributed by atoms with Gasteiger partial charge in [-0.25, -0.2) is 4.98 Å². The summed E-state index contributed by atoms with van der Waals surface area (Å²) in [5.74, 6) is -0.174. The van der Waals surface area contributed by atoms with E-state index in [-0.39, 0.29) is 5.91 Å². The van der Waals surface area contributed by atoms with Crippen molar-refractivity contribution < 1.29 is 9.53 Å². The number of nitrogens with one attached hydrogen (secondary N) is 1. The lowest BCUT2D eigenvalue weighted by atomic mass is 10.3. The highest BCUT2D eigenvalue weighted by molar-refractivity contribution is 5.92. The van der Waals surface area contributed by atoms with E-state index in [9.17, 15) is 4.79 Å². The topological polar surface area (TPSA) is 74.0 Å². The standard InChI is InChI=1S/C13H19N5O2/c1-11-9-12(16-17(11)2)13(19)15-4-7-20-8-6-18-5-3-14-10-18/h3,5,9-10H,4,6-8H2,1-2H3,(H,15,19). The zero-order valence-corrected chi connectivity index (χ0v) is 11.7. The molecular formula is C13H19N5O2. The number of amides is 1. The van der Waals surface area contributed by atoms with Gasteiger partial charge >= 0.3 is 0 Å². The maximum atomic E-state index is 11.8. The Balaban J connectivity index is 1.60. The van der Waals surface area contributed by atoms with E-state index in [2.05, 4.69) is 15.4 Å². The maximum absolute atomic E-state index is 11.8. The van der Waals surface area contributed by atoms with E-state index in [1.807, 2.05) is 24.7 Å². The molecular weight excluding hydrogens is 258 g/mol. The molecule has 0 saturated carbocycles. The predicted octanol–water partition coefficient (Wildman–Crippen LogP) is 0.372. The van der Waals surface area contributed by atoms with Gasteiger partial charge in [-0.1, -0.05) is 0 Å². The van der Waals surface area contributed by atoms with Gasteiger partial charge < -0.3 is 14.6 Å². The summed E-state index contributed by atoms with van der Waals surface area (Å²) in [4.78, 5) is 15.7. The van der Waals surface area contributed by atoms with Gasteiger partial charge in [0.1, 0.15) is 5.69 Å². The van der Waals surface area contributed by atoms with Crippen LogP contribution in [-0.4, -0.2) is 45.0 Å². The van der Waals surface area contributed by atoms with Crippen LogP contribution >= 0.6 is 0 Å². The molecule has 0 spiro atoms. The molecule has 2 aromatic heterocycles. The Kier molecular flexibility index (Phi) is 4.89. The molecule has 0 bridgehead atoms. The minimum absolute atomic E-state index is 0.174. The van der Waals surface area contributed by atoms with Gasteiger partial charge in [-0.05, 0) is 13.0 Å². The van der Waals surface area contributed by atoms with Crippen molar-refractivity contribution in [3.63, 3.8) is 0 Å². The number of nitrogens with zero attached hydrogens (tertiary/aromatic N) is 4. The number of imidazole rings is 1. The van der Waals surface area contributed by atoms with Gasteiger partial charge in [0.15, 0.2) is 0 Å². The second-order valence-electron chi connectivity index (χ2n) is 4.46. The number of carbonyl (C=O) groups excluding carboxylic acids is 1. The third kappa shape index (κ3) is 3.92. The first-order chi connectivity index (χ1) is 9.66. The molecule has 2 heterocycles. The fourth-order valence-corrected chi connectivity index (χ4v) is 1.69. The van der Waals surface area contributed by atoms with E-state index in [1.54, 1.807) is 23.3 Å². The lowest BCUT2D eigenvalue weighted by Crippen LogP contribution is -2.28. The van der Waals surface area contributed by atoms with Crippen LogP contribution in [-0.2, 0) is 18.3 Å². The highest BCUT2D eigenvalue weighted by Crippen LogP contribution is 2.00. The number of aromatic nitrogens is 4. The molecule has 0 aromatic carbocycles. The first-order valence-corrected chi connectivity index (χ1v) is 6.49. The largest absolute Gasteiger partial charge is 0.378 e. The first-order valence-electron chi connectivity index (χ1n) is 6.49. The van der Waals surface area contributed by atoms with Crippen LogP contribution in [0.1, 0.15) is 16.2 Å². The summed E-state index contributed by atoms with van der Waals surface area (Å²) in [6.45, 7) is 4.20. The number of aryl methyl sites for hydroxylation is 2. The van der Waals surface area contributed by atoms with Gasteiger partial charge in [0.25, 0.3) is 5.91 Å². The Bertz CT molecular complexity index is 528. The third-order valence-electron chi connectivity index (χ3n) is 2.93. The number of ether oxygens (including phenoxy) is 1. The molecule has 0 aliphatic carbocycles. The monoisotopic (exact) mass is 277 g/mol. The van der Waals surface area contributed by atoms with E-state index in [0.717, 1.165) is 12.2 Å². The van der Waals surface area contributed by atoms with Gasteiger partial charge in [-0.2, -0.15) is 5.10 Å². The molecule has 0 radical (unpaired) electrons. The predicted molar refractivity (Wildman–Crippen MR) is 73.3 cm³/mol. The summed E-state index contributed by atoms with van der Waals surface area (Å²) >= 11 is 0. The van der Waals surface area contributed by atoms with Crippen molar-refractivity contribution in [1.82, 2.24) is 24.6 Å². The van der Waals surface area contributed by atoms with E-state index in [0.29, 0.717) is 25.5 Å². The average Bonchev–Trinajstić information content (AvgIpc) is 3.04. The van der Waals surface area contributed by atoms with Crippen LogP contribution in [0.3, 0.4) is 0 Å². The number of rotatable bonds is 7. The number of hydrogen-bond donors (Lipinski definition) is 1. The Hall–Kier alpha value is -2.15. The first kappa shape index (κ1) is 14.3. The third-order valence-corrected chi connectivity index (χ3v) is 2.93. The second-order valence-corrected chi connectivity index (χ2v) is 4.46. The van der Waals surface area contributed by atoms with Crippen LogP contribution < -0.4 is 5.32 Å². The molecule has 1 N–H and O–H groups in total. The van der Waals surface area contributed by atoms with Gasteiger partial charge in [0.05, 0.1) is 19.5 Å². The lowest BCUT2D eigenvalue weighted by Gasteiger charge is -2.05. The fraction of sp³-hybridized carbons (Fsp3) is 0.462. The number of hydrogen-bond acceptors (Lipinski definition) is 4. The molecule has 0 aliphatic rings. The molecule has 0 atom stereocenters. The molecule has 108 valence electrons. The van der Waals surface area contributed by atoms with Gasteiger partial charge in [-0.15, -0.1) is 0 Å². The van der Waals surface area contributed by atoms with Crippen molar-refractivity contribution in [3.8, 4) is 0 Å². The van der Waals surface area contributed by atoms with Crippen molar-refractivity contribution in [1.29, 1.82) is 0 Å². The van der Waals surface area contributed by atoms with Gasteiger partial charge in [0, 0.05) is 38.2 Å². The van der Waals surface area contributed by atoms with E-state index < -0.39 is 0 Å². The quantitative estimate of drug-likeness (QED) is 0.742. The molecule has 1 amide bonds. The van der Waals surface area contributed by atoms with Gasteiger partial charge in [-0.3, -0.25) is 9.48 Å². The summed E-state index contributed by atoms with van der Waals surface area (Å²) in [5.41, 5.74) is 1.38. The molecule has 0 fully saturated rings. The minimum Gasteiger partial charge on any atom is -0.378 e. The van der Waals surface area contributed by atoms with Crippen molar-refractivity contribution in [3.05, 3.63) is 36.2 Å². The van der Waals surface area contributed by atoms with Crippen LogP contribution in [0.4, 0.5) is 0 Å². The molecule has 2 aromatic rings. The van der Waals surface area contributed by atoms with Crippen molar-refractivity contribution >= 4 is 5.91 Å². The zero-order valence-electron chi connectivity index (χ0n) is 11.7. The molecule has 0 unspecified atom stereocenters. The summed E-state index contributed by atoms with van der Waals surface area (Å²) in [6, 6.07) is 1.76. The van der Waals surface area contributed by atoms with Crippen molar-refractivity contribution in [2.45, 2.75) is 13.5 Å². The van der Waals surface area contributed by atoms with Crippen molar-refractivity contribution in [2.75, 3.05) is 19.8 Å². The number of carbonyl (C=O) groups is 1. The van der Waals surface area contributed by atoms with Gasteiger partial charge in [0.2, 0.25) is 0 Å². The minimum atomic E-state index is -0.174. The summed E-state index contributed by atoms with van der Waals surface area (Å²) in [5, 5.41) is 6.89. The maximum Gasteiger partial charge on any atom is 0.271 e. The van der Waals surface area contributed by atoms with E-state index >= 15 is 0 Å². The molecule has 0 saturated heterocycles. The highest BCUT2D eigenvalue weighted by atomic mass is 16.5. The molecule has 7 heteroatoms. The summed E-state index contributed by atoms with van der Waals surface area (Å²) < 4.78 is 9.05. The molecule has 7 nitrogen and oxygen atoms in total. The Morgan fingerprint density at radius 2 is 2.30 bits per heavy atom. The normalized spacial score (nSPS) is 10.7. The highest BCUT2D eigenvalue weighted by Gasteiger charge is 2.09. The molecule has 20 heavy (non-hydrogen) atoms. The second kappa shape index (κ2) is 6.85. The Morgan fingerprint density at radius 1 is 1.45 bits per heavy atom.